The van der Waals surface area contributed by atoms with E-state index >= 15 is 0 Å². The number of ether oxygens (including phenoxy) is 1. The van der Waals surface area contributed by atoms with E-state index in [4.69, 9.17) is 4.74 Å². The van der Waals surface area contributed by atoms with Crippen LogP contribution in [-0.2, 0) is 30.6 Å². The van der Waals surface area contributed by atoms with Crippen LogP contribution in [0.15, 0.2) is 30.3 Å². The zero-order valence-electron chi connectivity index (χ0n) is 14.8. The molecule has 2 saturated heterocycles. The summed E-state index contributed by atoms with van der Waals surface area (Å²) in [6.07, 6.45) is 2.53. The quantitative estimate of drug-likeness (QED) is 0.583. The van der Waals surface area contributed by atoms with Crippen LogP contribution >= 0.6 is 0 Å². The second-order valence-electron chi connectivity index (χ2n) is 6.96. The summed E-state index contributed by atoms with van der Waals surface area (Å²) in [4.78, 5) is 14.6. The maximum Gasteiger partial charge on any atom is 0.328 e. The molecule has 2 fully saturated rings. The van der Waals surface area contributed by atoms with Gasteiger partial charge in [-0.25, -0.2) is 0 Å². The number of hydrogen-bond acceptors (Lipinski definition) is 5. The normalized spacial score (nSPS) is 32.0. The van der Waals surface area contributed by atoms with E-state index in [1.807, 2.05) is 30.3 Å². The first-order valence-corrected chi connectivity index (χ1v) is 10.4. The Morgan fingerprint density at radius 2 is 2.12 bits per heavy atom. The zero-order chi connectivity index (χ0) is 18.0. The molecule has 0 saturated carbocycles. The number of nitrogens with zero attached hydrogens (tertiary/aromatic N) is 2. The van der Waals surface area contributed by atoms with Gasteiger partial charge in [0.25, 0.3) is 0 Å². The molecule has 138 valence electrons. The van der Waals surface area contributed by atoms with E-state index in [2.05, 4.69) is 11.8 Å². The lowest BCUT2D eigenvalue weighted by Crippen LogP contribution is -2.47. The smallest absolute Gasteiger partial charge is 0.328 e. The summed E-state index contributed by atoms with van der Waals surface area (Å²) < 4.78 is 31.8. The van der Waals surface area contributed by atoms with Crippen LogP contribution in [0.2, 0.25) is 0 Å². The van der Waals surface area contributed by atoms with Crippen molar-refractivity contribution in [3.05, 3.63) is 35.9 Å². The summed E-state index contributed by atoms with van der Waals surface area (Å²) in [6.45, 7) is 3.43. The molecular formula is C18H26N2O4S. The monoisotopic (exact) mass is 366 g/mol. The largest absolute Gasteiger partial charge is 0.597 e. The van der Waals surface area contributed by atoms with Crippen LogP contribution in [0.5, 0.6) is 0 Å². The van der Waals surface area contributed by atoms with Crippen molar-refractivity contribution >= 4 is 16.4 Å². The first-order chi connectivity index (χ1) is 11.9. The molecule has 0 aromatic heterocycles. The molecule has 25 heavy (non-hydrogen) atoms. The Balaban J connectivity index is 1.81. The van der Waals surface area contributed by atoms with Gasteiger partial charge >= 0.3 is 5.97 Å². The molecule has 2 aliphatic heterocycles. The number of carbonyl (C=O) groups is 1. The number of sulfonamides is 1. The molecule has 0 amide bonds. The van der Waals surface area contributed by atoms with Crippen LogP contribution in [0.4, 0.5) is 0 Å². The van der Waals surface area contributed by atoms with E-state index in [9.17, 15) is 13.6 Å². The van der Waals surface area contributed by atoms with Gasteiger partial charge in [-0.3, -0.25) is 9.69 Å². The van der Waals surface area contributed by atoms with Crippen molar-refractivity contribution in [3.63, 3.8) is 0 Å². The SMILES string of the molecule is COC(=O)[C@H](Cc1ccccc1)N1C[C@@H](N2CCC[C@@H]2C)C[S+]1(=O)[O-]. The van der Waals surface area contributed by atoms with E-state index in [0.717, 1.165) is 24.9 Å². The summed E-state index contributed by atoms with van der Waals surface area (Å²) in [5, 5.41) is 0. The molecule has 2 aliphatic rings. The van der Waals surface area contributed by atoms with E-state index < -0.39 is 22.4 Å². The highest BCUT2D eigenvalue weighted by Crippen LogP contribution is 2.31. The summed E-state index contributed by atoms with van der Waals surface area (Å²) in [7, 11) is -2.17. The fourth-order valence-corrected chi connectivity index (χ4v) is 5.93. The molecule has 0 spiro atoms. The third-order valence-electron chi connectivity index (χ3n) is 5.32. The maximum absolute atomic E-state index is 12.8. The third-order valence-corrected chi connectivity index (χ3v) is 7.24. The average molecular weight is 366 g/mol. The number of hydrogen-bond donors (Lipinski definition) is 0. The summed E-state index contributed by atoms with van der Waals surface area (Å²) in [5.41, 5.74) is 0.922. The van der Waals surface area contributed by atoms with Crippen LogP contribution < -0.4 is 0 Å². The van der Waals surface area contributed by atoms with E-state index in [1.54, 1.807) is 0 Å². The van der Waals surface area contributed by atoms with Crippen molar-refractivity contribution in [1.82, 2.24) is 9.21 Å². The fraction of sp³-hybridized carbons (Fsp3) is 0.611. The molecule has 4 atom stereocenters. The van der Waals surface area contributed by atoms with Gasteiger partial charge in [0, 0.05) is 12.5 Å². The van der Waals surface area contributed by atoms with E-state index in [0.29, 0.717) is 19.0 Å². The highest BCUT2D eigenvalue weighted by molar-refractivity contribution is 7.95. The molecule has 6 nitrogen and oxygen atoms in total. The van der Waals surface area contributed by atoms with Crippen molar-refractivity contribution in [2.45, 2.75) is 44.3 Å². The molecular weight excluding hydrogens is 340 g/mol. The van der Waals surface area contributed by atoms with Crippen LogP contribution in [-0.4, -0.2) is 63.8 Å². The molecule has 0 bridgehead atoms. The van der Waals surface area contributed by atoms with Crippen LogP contribution in [0.1, 0.15) is 25.3 Å². The first-order valence-electron chi connectivity index (χ1n) is 8.79. The zero-order valence-corrected chi connectivity index (χ0v) is 15.6. The first kappa shape index (κ1) is 18.5. The number of esters is 1. The van der Waals surface area contributed by atoms with Crippen LogP contribution in [0.25, 0.3) is 0 Å². The minimum absolute atomic E-state index is 0.0505. The molecule has 0 radical (unpaired) electrons. The maximum atomic E-state index is 12.8. The van der Waals surface area contributed by atoms with Crippen molar-refractivity contribution in [2.75, 3.05) is 26.0 Å². The van der Waals surface area contributed by atoms with E-state index in [1.165, 1.54) is 11.4 Å². The van der Waals surface area contributed by atoms with Crippen molar-refractivity contribution in [2.24, 2.45) is 0 Å². The standard InChI is InChI=1S/C18H26N2O4S/c1-14-7-6-10-19(14)16-12-20(25(22,23)13-16)17(18(21)24-2)11-15-8-4-3-5-9-15/h3-5,8-9,14,16-17H,6-7,10-13H2,1-2H3/t14-,16+,17-/m0/s1. The number of carbonyl (C=O) groups excluding carboxylic acids is 1. The topological polar surface area (TPSA) is 72.9 Å². The Hall–Kier alpha value is -1.28. The second-order valence-corrected chi connectivity index (χ2v) is 8.93. The van der Waals surface area contributed by atoms with Gasteiger partial charge in [-0.1, -0.05) is 34.5 Å². The Morgan fingerprint density at radius 3 is 2.72 bits per heavy atom. The fourth-order valence-electron chi connectivity index (χ4n) is 4.01. The number of rotatable bonds is 5. The van der Waals surface area contributed by atoms with Crippen LogP contribution in [0.3, 0.4) is 0 Å². The minimum Gasteiger partial charge on any atom is -0.597 e. The average Bonchev–Trinajstić information content (AvgIpc) is 3.15. The third kappa shape index (κ3) is 3.95. The van der Waals surface area contributed by atoms with Crippen molar-refractivity contribution in [3.8, 4) is 0 Å². The van der Waals surface area contributed by atoms with Gasteiger partial charge in [0.1, 0.15) is 16.2 Å². The van der Waals surface area contributed by atoms with E-state index in [-0.39, 0.29) is 11.8 Å². The summed E-state index contributed by atoms with van der Waals surface area (Å²) in [6, 6.07) is 9.01. The molecule has 1 aromatic rings. The predicted molar refractivity (Wildman–Crippen MR) is 95.5 cm³/mol. The molecule has 1 aromatic carbocycles. The number of likely N-dealkylation sites (tertiary alicyclic amines) is 1. The lowest BCUT2D eigenvalue weighted by molar-refractivity contribution is -0.145. The highest BCUT2D eigenvalue weighted by atomic mass is 32.3. The van der Waals surface area contributed by atoms with Crippen molar-refractivity contribution < 1.29 is 18.3 Å². The minimum atomic E-state index is -3.48. The predicted octanol–water partition coefficient (Wildman–Crippen LogP) is 1.48. The second kappa shape index (κ2) is 7.53. The molecule has 7 heteroatoms. The lowest BCUT2D eigenvalue weighted by atomic mass is 10.1. The Labute approximate surface area is 150 Å². The molecule has 1 unspecified atom stereocenters. The van der Waals surface area contributed by atoms with Gasteiger partial charge in [0.2, 0.25) is 0 Å². The van der Waals surface area contributed by atoms with Crippen molar-refractivity contribution in [1.29, 1.82) is 0 Å². The highest BCUT2D eigenvalue weighted by Gasteiger charge is 2.50. The summed E-state index contributed by atoms with van der Waals surface area (Å²) in [5.74, 6) is -0.415. The molecule has 0 N–H and O–H groups in total. The Morgan fingerprint density at radius 1 is 1.40 bits per heavy atom. The molecule has 0 aliphatic carbocycles. The number of methoxy groups -OCH3 is 1. The van der Waals surface area contributed by atoms with Gasteiger partial charge < -0.3 is 9.29 Å². The van der Waals surface area contributed by atoms with Gasteiger partial charge in [-0.2, -0.15) is 0 Å². The van der Waals surface area contributed by atoms with Crippen LogP contribution in [0, 0.1) is 0 Å². The van der Waals surface area contributed by atoms with Gasteiger partial charge in [0.15, 0.2) is 6.04 Å². The van der Waals surface area contributed by atoms with Gasteiger partial charge in [-0.15, -0.1) is 4.31 Å². The van der Waals surface area contributed by atoms with Gasteiger partial charge in [-0.05, 0) is 31.9 Å². The molecule has 3 rings (SSSR count). The summed E-state index contributed by atoms with van der Waals surface area (Å²) >= 11 is 0. The Bertz CT molecular complexity index is 654. The number of benzene rings is 1. The lowest BCUT2D eigenvalue weighted by Gasteiger charge is -2.27. The Kier molecular flexibility index (Phi) is 5.58. The molecule has 2 heterocycles. The van der Waals surface area contributed by atoms with Gasteiger partial charge in [0.05, 0.1) is 19.7 Å².